The highest BCUT2D eigenvalue weighted by atomic mass is 16.5. The van der Waals surface area contributed by atoms with E-state index in [4.69, 9.17) is 4.52 Å². The third kappa shape index (κ3) is 1.88. The first-order valence-electron chi connectivity index (χ1n) is 4.78. The Balaban J connectivity index is 1.79. The van der Waals surface area contributed by atoms with Crippen LogP contribution >= 0.6 is 0 Å². The molecule has 13 heavy (non-hydrogen) atoms. The third-order valence-corrected chi connectivity index (χ3v) is 2.71. The summed E-state index contributed by atoms with van der Waals surface area (Å²) in [5.41, 5.74) is 0. The Morgan fingerprint density at radius 3 is 2.85 bits per heavy atom. The molecule has 0 aliphatic heterocycles. The van der Waals surface area contributed by atoms with Crippen LogP contribution in [-0.2, 0) is 6.54 Å². The molecule has 1 heterocycles. The molecule has 0 amide bonds. The van der Waals surface area contributed by atoms with E-state index in [1.807, 2.05) is 6.92 Å². The van der Waals surface area contributed by atoms with Crippen molar-refractivity contribution in [2.24, 2.45) is 5.92 Å². The van der Waals surface area contributed by atoms with E-state index in [1.165, 1.54) is 12.8 Å². The molecule has 1 fully saturated rings. The van der Waals surface area contributed by atoms with Gasteiger partial charge in [-0.1, -0.05) is 12.1 Å². The summed E-state index contributed by atoms with van der Waals surface area (Å²) in [6.45, 7) is 4.80. The predicted octanol–water partition coefficient (Wildman–Crippen LogP) is 1.27. The van der Waals surface area contributed by atoms with Crippen molar-refractivity contribution >= 4 is 0 Å². The lowest BCUT2D eigenvalue weighted by atomic mass is 9.81. The fourth-order valence-electron chi connectivity index (χ4n) is 1.60. The zero-order valence-corrected chi connectivity index (χ0v) is 8.08. The number of hydrogen-bond acceptors (Lipinski definition) is 4. The first-order chi connectivity index (χ1) is 6.25. The Hall–Kier alpha value is -0.900. The summed E-state index contributed by atoms with van der Waals surface area (Å²) in [4.78, 5) is 4.13. The highest BCUT2D eigenvalue weighted by molar-refractivity contribution is 4.87. The summed E-state index contributed by atoms with van der Waals surface area (Å²) >= 11 is 0. The highest BCUT2D eigenvalue weighted by Crippen LogP contribution is 2.26. The van der Waals surface area contributed by atoms with Gasteiger partial charge in [0.15, 0.2) is 5.82 Å². The maximum atomic E-state index is 4.99. The van der Waals surface area contributed by atoms with Crippen LogP contribution in [0.1, 0.15) is 31.5 Å². The summed E-state index contributed by atoms with van der Waals surface area (Å²) < 4.78 is 4.99. The van der Waals surface area contributed by atoms with Crippen LogP contribution in [0.2, 0.25) is 0 Å². The molecule has 1 aromatic rings. The molecule has 2 atom stereocenters. The lowest BCUT2D eigenvalue weighted by Crippen LogP contribution is -2.41. The van der Waals surface area contributed by atoms with Gasteiger partial charge < -0.3 is 9.84 Å². The second-order valence-corrected chi connectivity index (χ2v) is 3.78. The van der Waals surface area contributed by atoms with Crippen molar-refractivity contribution in [3.8, 4) is 0 Å². The van der Waals surface area contributed by atoms with Crippen LogP contribution in [0.4, 0.5) is 0 Å². The standard InChI is InChI=1S/C9H15N3O/c1-6-3-4-8(6)10-5-9-11-7(2)12-13-9/h6,8,10H,3-5H2,1-2H3. The van der Waals surface area contributed by atoms with Gasteiger partial charge in [-0.3, -0.25) is 0 Å². The predicted molar refractivity (Wildman–Crippen MR) is 48.1 cm³/mol. The van der Waals surface area contributed by atoms with E-state index in [0.717, 1.165) is 5.92 Å². The number of aryl methyl sites for hydroxylation is 1. The summed E-state index contributed by atoms with van der Waals surface area (Å²) in [5, 5.41) is 7.13. The molecule has 2 unspecified atom stereocenters. The molecule has 0 aromatic carbocycles. The van der Waals surface area contributed by atoms with Gasteiger partial charge in [-0.05, 0) is 25.7 Å². The molecule has 1 saturated carbocycles. The maximum Gasteiger partial charge on any atom is 0.240 e. The molecular formula is C9H15N3O. The Labute approximate surface area is 77.7 Å². The number of hydrogen-bond donors (Lipinski definition) is 1. The average Bonchev–Trinajstić information content (AvgIpc) is 2.49. The first-order valence-corrected chi connectivity index (χ1v) is 4.78. The molecule has 0 spiro atoms. The lowest BCUT2D eigenvalue weighted by molar-refractivity contribution is 0.219. The topological polar surface area (TPSA) is 51.0 Å². The van der Waals surface area contributed by atoms with Crippen molar-refractivity contribution in [3.63, 3.8) is 0 Å². The molecule has 72 valence electrons. The van der Waals surface area contributed by atoms with Crippen molar-refractivity contribution < 1.29 is 4.52 Å². The van der Waals surface area contributed by atoms with Gasteiger partial charge in [0.2, 0.25) is 5.89 Å². The smallest absolute Gasteiger partial charge is 0.240 e. The van der Waals surface area contributed by atoms with Crippen molar-refractivity contribution in [2.75, 3.05) is 0 Å². The van der Waals surface area contributed by atoms with Crippen LogP contribution in [0.3, 0.4) is 0 Å². The molecule has 4 nitrogen and oxygen atoms in total. The third-order valence-electron chi connectivity index (χ3n) is 2.71. The SMILES string of the molecule is Cc1noc(CNC2CCC2C)n1. The van der Waals surface area contributed by atoms with E-state index in [0.29, 0.717) is 24.3 Å². The van der Waals surface area contributed by atoms with Crippen LogP contribution in [0.15, 0.2) is 4.52 Å². The Morgan fingerprint density at radius 2 is 2.38 bits per heavy atom. The van der Waals surface area contributed by atoms with Crippen LogP contribution < -0.4 is 5.32 Å². The van der Waals surface area contributed by atoms with Crippen molar-refractivity contribution in [1.29, 1.82) is 0 Å². The minimum absolute atomic E-state index is 0.646. The van der Waals surface area contributed by atoms with E-state index < -0.39 is 0 Å². The second kappa shape index (κ2) is 3.46. The fraction of sp³-hybridized carbons (Fsp3) is 0.778. The number of aromatic nitrogens is 2. The van der Waals surface area contributed by atoms with Gasteiger partial charge in [-0.25, -0.2) is 0 Å². The van der Waals surface area contributed by atoms with E-state index in [2.05, 4.69) is 22.4 Å². The largest absolute Gasteiger partial charge is 0.338 e. The fourth-order valence-corrected chi connectivity index (χ4v) is 1.60. The Morgan fingerprint density at radius 1 is 1.54 bits per heavy atom. The summed E-state index contributed by atoms with van der Waals surface area (Å²) in [6, 6.07) is 0.646. The minimum atomic E-state index is 0.646. The van der Waals surface area contributed by atoms with E-state index in [-0.39, 0.29) is 0 Å². The van der Waals surface area contributed by atoms with Crippen molar-refractivity contribution in [2.45, 2.75) is 39.3 Å². The Bertz CT molecular complexity index is 284. The molecule has 0 radical (unpaired) electrons. The van der Waals surface area contributed by atoms with Gasteiger partial charge in [0.05, 0.1) is 6.54 Å². The molecule has 0 saturated heterocycles. The molecule has 1 aliphatic rings. The maximum absolute atomic E-state index is 4.99. The molecule has 2 rings (SSSR count). The van der Waals surface area contributed by atoms with Crippen molar-refractivity contribution in [1.82, 2.24) is 15.5 Å². The van der Waals surface area contributed by atoms with Crippen molar-refractivity contribution in [3.05, 3.63) is 11.7 Å². The van der Waals surface area contributed by atoms with Gasteiger partial charge in [-0.2, -0.15) is 4.98 Å². The van der Waals surface area contributed by atoms with Crippen LogP contribution in [0, 0.1) is 12.8 Å². The summed E-state index contributed by atoms with van der Waals surface area (Å²) in [7, 11) is 0. The van der Waals surface area contributed by atoms with E-state index >= 15 is 0 Å². The summed E-state index contributed by atoms with van der Waals surface area (Å²) in [6.07, 6.45) is 2.61. The zero-order chi connectivity index (χ0) is 9.26. The van der Waals surface area contributed by atoms with Crippen LogP contribution in [0.25, 0.3) is 0 Å². The van der Waals surface area contributed by atoms with Gasteiger partial charge in [0.25, 0.3) is 0 Å². The highest BCUT2D eigenvalue weighted by Gasteiger charge is 2.26. The Kier molecular flexibility index (Phi) is 2.31. The normalized spacial score (nSPS) is 27.2. The monoisotopic (exact) mass is 181 g/mol. The number of rotatable bonds is 3. The quantitative estimate of drug-likeness (QED) is 0.762. The van der Waals surface area contributed by atoms with Crippen LogP contribution in [0.5, 0.6) is 0 Å². The van der Waals surface area contributed by atoms with Gasteiger partial charge in [0, 0.05) is 6.04 Å². The van der Waals surface area contributed by atoms with Gasteiger partial charge in [0.1, 0.15) is 0 Å². The average molecular weight is 181 g/mol. The number of nitrogens with zero attached hydrogens (tertiary/aromatic N) is 2. The molecule has 0 bridgehead atoms. The second-order valence-electron chi connectivity index (χ2n) is 3.78. The summed E-state index contributed by atoms with van der Waals surface area (Å²) in [5.74, 6) is 2.19. The van der Waals surface area contributed by atoms with E-state index in [9.17, 15) is 0 Å². The van der Waals surface area contributed by atoms with Gasteiger partial charge in [-0.15, -0.1) is 0 Å². The molecule has 1 N–H and O–H groups in total. The minimum Gasteiger partial charge on any atom is -0.338 e. The zero-order valence-electron chi connectivity index (χ0n) is 8.08. The molecular weight excluding hydrogens is 166 g/mol. The molecule has 1 aromatic heterocycles. The van der Waals surface area contributed by atoms with E-state index in [1.54, 1.807) is 0 Å². The first kappa shape index (κ1) is 8.69. The lowest BCUT2D eigenvalue weighted by Gasteiger charge is -2.34. The molecule has 4 heteroatoms. The van der Waals surface area contributed by atoms with Crippen LogP contribution in [-0.4, -0.2) is 16.2 Å². The number of nitrogens with one attached hydrogen (secondary N) is 1. The van der Waals surface area contributed by atoms with Gasteiger partial charge >= 0.3 is 0 Å². The molecule has 1 aliphatic carbocycles.